The number of benzene rings is 1. The maximum Gasteiger partial charge on any atom is 0.270 e. The lowest BCUT2D eigenvalue weighted by Crippen LogP contribution is -2.13. The fourth-order valence-electron chi connectivity index (χ4n) is 2.73. The molecule has 126 valence electrons. The summed E-state index contributed by atoms with van der Waals surface area (Å²) in [5, 5.41) is 14.2. The van der Waals surface area contributed by atoms with Crippen molar-refractivity contribution in [1.82, 2.24) is 4.98 Å². The van der Waals surface area contributed by atoms with Crippen molar-refractivity contribution in [2.24, 2.45) is 0 Å². The van der Waals surface area contributed by atoms with Crippen LogP contribution in [0.15, 0.2) is 18.2 Å². The molecule has 1 N–H and O–H groups in total. The van der Waals surface area contributed by atoms with Gasteiger partial charge in [-0.15, -0.1) is 11.3 Å². The van der Waals surface area contributed by atoms with Gasteiger partial charge in [-0.1, -0.05) is 6.42 Å². The number of carbonyl (C=O) groups is 1. The summed E-state index contributed by atoms with van der Waals surface area (Å²) in [6.07, 6.45) is 5.38. The van der Waals surface area contributed by atoms with Gasteiger partial charge in [0.1, 0.15) is 5.75 Å². The number of rotatable bonds is 4. The first kappa shape index (κ1) is 16.4. The standard InChI is InChI=1S/C16H17N3O4S/c1-23-13-8-7-10(19(21)22)9-11(13)15(20)18-16-17-12-5-3-2-4-6-14(12)24-16/h7-9H,2-6H2,1H3,(H,17,18,20). The fourth-order valence-corrected chi connectivity index (χ4v) is 3.78. The Kier molecular flexibility index (Phi) is 4.75. The molecule has 0 fully saturated rings. The number of aromatic nitrogens is 1. The molecule has 24 heavy (non-hydrogen) atoms. The number of hydrogen-bond acceptors (Lipinski definition) is 6. The summed E-state index contributed by atoms with van der Waals surface area (Å²) in [6.45, 7) is 0. The van der Waals surface area contributed by atoms with Crippen LogP contribution in [-0.4, -0.2) is 22.9 Å². The molecule has 0 saturated carbocycles. The predicted molar refractivity (Wildman–Crippen MR) is 91.0 cm³/mol. The number of non-ortho nitro benzene ring substituents is 1. The molecule has 8 heteroatoms. The molecular formula is C16H17N3O4S. The van der Waals surface area contributed by atoms with E-state index >= 15 is 0 Å². The molecule has 0 radical (unpaired) electrons. The molecule has 0 unspecified atom stereocenters. The Morgan fingerprint density at radius 2 is 2.12 bits per heavy atom. The summed E-state index contributed by atoms with van der Waals surface area (Å²) in [6, 6.07) is 3.94. The van der Waals surface area contributed by atoms with Gasteiger partial charge in [0, 0.05) is 17.0 Å². The van der Waals surface area contributed by atoms with Gasteiger partial charge in [-0.2, -0.15) is 0 Å². The molecule has 1 aliphatic rings. The van der Waals surface area contributed by atoms with Gasteiger partial charge in [0.05, 0.1) is 23.3 Å². The fraction of sp³-hybridized carbons (Fsp3) is 0.375. The van der Waals surface area contributed by atoms with E-state index < -0.39 is 10.8 Å². The van der Waals surface area contributed by atoms with E-state index in [1.165, 1.54) is 47.9 Å². The monoisotopic (exact) mass is 347 g/mol. The molecule has 0 aliphatic heterocycles. The van der Waals surface area contributed by atoms with Crippen molar-refractivity contribution in [1.29, 1.82) is 0 Å². The highest BCUT2D eigenvalue weighted by Crippen LogP contribution is 2.30. The molecule has 1 aromatic heterocycles. The van der Waals surface area contributed by atoms with Crippen LogP contribution in [0.4, 0.5) is 10.8 Å². The largest absolute Gasteiger partial charge is 0.496 e. The quantitative estimate of drug-likeness (QED) is 0.518. The minimum absolute atomic E-state index is 0.122. The summed E-state index contributed by atoms with van der Waals surface area (Å²) >= 11 is 1.48. The van der Waals surface area contributed by atoms with Crippen molar-refractivity contribution < 1.29 is 14.5 Å². The van der Waals surface area contributed by atoms with Crippen molar-refractivity contribution >= 4 is 28.1 Å². The van der Waals surface area contributed by atoms with Crippen molar-refractivity contribution in [2.75, 3.05) is 12.4 Å². The number of carbonyl (C=O) groups excluding carboxylic acids is 1. The number of amides is 1. The normalized spacial score (nSPS) is 13.7. The predicted octanol–water partition coefficient (Wildman–Crippen LogP) is 3.58. The zero-order chi connectivity index (χ0) is 17.1. The SMILES string of the molecule is COc1ccc([N+](=O)[O-])cc1C(=O)Nc1nc2c(s1)CCCCC2. The van der Waals surface area contributed by atoms with Gasteiger partial charge in [-0.25, -0.2) is 4.98 Å². The van der Waals surface area contributed by atoms with Crippen LogP contribution in [0, 0.1) is 10.1 Å². The van der Waals surface area contributed by atoms with E-state index in [9.17, 15) is 14.9 Å². The summed E-state index contributed by atoms with van der Waals surface area (Å²) in [4.78, 5) is 28.6. The van der Waals surface area contributed by atoms with E-state index in [4.69, 9.17) is 4.74 Å². The number of nitrogens with zero attached hydrogens (tertiary/aromatic N) is 2. The molecule has 0 atom stereocenters. The minimum atomic E-state index is -0.540. The second-order valence-corrected chi connectivity index (χ2v) is 6.63. The molecule has 2 aromatic rings. The molecule has 0 spiro atoms. The number of nitro groups is 1. The van der Waals surface area contributed by atoms with Crippen LogP contribution in [0.2, 0.25) is 0 Å². The average Bonchev–Trinajstić information content (AvgIpc) is 2.82. The van der Waals surface area contributed by atoms with E-state index in [0.717, 1.165) is 31.4 Å². The van der Waals surface area contributed by atoms with Gasteiger partial charge in [-0.3, -0.25) is 20.2 Å². The van der Waals surface area contributed by atoms with Crippen molar-refractivity contribution in [3.63, 3.8) is 0 Å². The van der Waals surface area contributed by atoms with E-state index in [2.05, 4.69) is 10.3 Å². The molecule has 1 amide bonds. The molecule has 0 saturated heterocycles. The summed E-state index contributed by atoms with van der Waals surface area (Å²) in [7, 11) is 1.42. The summed E-state index contributed by atoms with van der Waals surface area (Å²) < 4.78 is 5.14. The first-order valence-corrected chi connectivity index (χ1v) is 8.52. The number of thiazole rings is 1. The lowest BCUT2D eigenvalue weighted by molar-refractivity contribution is -0.384. The molecule has 1 aliphatic carbocycles. The Bertz CT molecular complexity index is 764. The number of nitrogens with one attached hydrogen (secondary N) is 1. The number of anilines is 1. The van der Waals surface area contributed by atoms with Gasteiger partial charge in [0.25, 0.3) is 11.6 Å². The highest BCUT2D eigenvalue weighted by Gasteiger charge is 2.20. The smallest absolute Gasteiger partial charge is 0.270 e. The lowest BCUT2D eigenvalue weighted by Gasteiger charge is -2.07. The van der Waals surface area contributed by atoms with Crippen molar-refractivity contribution in [2.45, 2.75) is 32.1 Å². The van der Waals surface area contributed by atoms with E-state index in [-0.39, 0.29) is 17.0 Å². The summed E-state index contributed by atoms with van der Waals surface area (Å²) in [5.74, 6) is -0.171. The Balaban J connectivity index is 1.84. The molecule has 1 heterocycles. The first-order chi connectivity index (χ1) is 11.6. The van der Waals surface area contributed by atoms with Crippen LogP contribution >= 0.6 is 11.3 Å². The van der Waals surface area contributed by atoms with E-state index in [0.29, 0.717) is 5.13 Å². The third-order valence-electron chi connectivity index (χ3n) is 3.95. The molecule has 0 bridgehead atoms. The maximum atomic E-state index is 12.5. The third kappa shape index (κ3) is 3.38. The number of nitro benzene ring substituents is 1. The van der Waals surface area contributed by atoms with Crippen molar-refractivity contribution in [3.05, 3.63) is 44.4 Å². The van der Waals surface area contributed by atoms with Crippen LogP contribution in [0.1, 0.15) is 40.2 Å². The first-order valence-electron chi connectivity index (χ1n) is 7.71. The number of methoxy groups -OCH3 is 1. The zero-order valence-corrected chi connectivity index (χ0v) is 14.0. The minimum Gasteiger partial charge on any atom is -0.496 e. The van der Waals surface area contributed by atoms with Crippen LogP contribution in [-0.2, 0) is 12.8 Å². The number of hydrogen-bond donors (Lipinski definition) is 1. The average molecular weight is 347 g/mol. The van der Waals surface area contributed by atoms with Crippen molar-refractivity contribution in [3.8, 4) is 5.75 Å². The second-order valence-electron chi connectivity index (χ2n) is 5.55. The summed E-state index contributed by atoms with van der Waals surface area (Å²) in [5.41, 5.74) is 1.02. The van der Waals surface area contributed by atoms with Gasteiger partial charge in [0.15, 0.2) is 5.13 Å². The highest BCUT2D eigenvalue weighted by atomic mass is 32.1. The van der Waals surface area contributed by atoms with E-state index in [1.807, 2.05) is 0 Å². The van der Waals surface area contributed by atoms with Gasteiger partial charge in [-0.05, 0) is 31.7 Å². The Hall–Kier alpha value is -2.48. The van der Waals surface area contributed by atoms with Gasteiger partial charge >= 0.3 is 0 Å². The molecular weight excluding hydrogens is 330 g/mol. The maximum absolute atomic E-state index is 12.5. The van der Waals surface area contributed by atoms with Crippen LogP contribution in [0.5, 0.6) is 5.75 Å². The number of ether oxygens (including phenoxy) is 1. The van der Waals surface area contributed by atoms with Crippen LogP contribution in [0.25, 0.3) is 0 Å². The highest BCUT2D eigenvalue weighted by molar-refractivity contribution is 7.15. The topological polar surface area (TPSA) is 94.4 Å². The lowest BCUT2D eigenvalue weighted by atomic mass is 10.1. The van der Waals surface area contributed by atoms with Crippen LogP contribution < -0.4 is 10.1 Å². The Morgan fingerprint density at radius 1 is 1.33 bits per heavy atom. The van der Waals surface area contributed by atoms with Gasteiger partial charge < -0.3 is 4.74 Å². The third-order valence-corrected chi connectivity index (χ3v) is 5.03. The number of aryl methyl sites for hydroxylation is 2. The molecule has 1 aromatic carbocycles. The van der Waals surface area contributed by atoms with E-state index in [1.54, 1.807) is 0 Å². The molecule has 7 nitrogen and oxygen atoms in total. The number of fused-ring (bicyclic) bond motifs is 1. The Labute approximate surface area is 142 Å². The zero-order valence-electron chi connectivity index (χ0n) is 13.2. The molecule has 3 rings (SSSR count). The Morgan fingerprint density at radius 3 is 2.88 bits per heavy atom. The second kappa shape index (κ2) is 6.96. The van der Waals surface area contributed by atoms with Gasteiger partial charge in [0.2, 0.25) is 0 Å². The van der Waals surface area contributed by atoms with Crippen LogP contribution in [0.3, 0.4) is 0 Å².